The number of hydrogen-bond acceptors (Lipinski definition) is 6. The Morgan fingerprint density at radius 3 is 2.81 bits per heavy atom. The highest BCUT2D eigenvalue weighted by atomic mass is 35.5. The maximum atomic E-state index is 12.2. The molecular weight excluding hydrogens is 416 g/mol. The van der Waals surface area contributed by atoms with E-state index in [4.69, 9.17) is 11.6 Å². The highest BCUT2D eigenvalue weighted by molar-refractivity contribution is 6.32. The lowest BCUT2D eigenvalue weighted by Gasteiger charge is -2.26. The molecule has 9 nitrogen and oxygen atoms in total. The minimum Gasteiger partial charge on any atom is -0.375 e. The van der Waals surface area contributed by atoms with Gasteiger partial charge in [0.15, 0.2) is 16.6 Å². The molecule has 4 rings (SSSR count). The fraction of sp³-hybridized carbons (Fsp3) is 0.429. The van der Waals surface area contributed by atoms with Crippen LogP contribution in [0.25, 0.3) is 16.9 Å². The Labute approximate surface area is 186 Å². The summed E-state index contributed by atoms with van der Waals surface area (Å²) in [5.74, 6) is 0.448. The largest absolute Gasteiger partial charge is 0.375 e. The molecule has 1 fully saturated rings. The first-order valence-corrected chi connectivity index (χ1v) is 10.8. The Kier molecular flexibility index (Phi) is 6.53. The molecule has 1 aliphatic rings. The summed E-state index contributed by atoms with van der Waals surface area (Å²) in [5.41, 5.74) is 3.03. The number of aromatic nitrogens is 4. The van der Waals surface area contributed by atoms with Crippen LogP contribution >= 0.6 is 11.6 Å². The summed E-state index contributed by atoms with van der Waals surface area (Å²) in [6.07, 6.45) is 7.17. The third kappa shape index (κ3) is 5.23. The van der Waals surface area contributed by atoms with Gasteiger partial charge in [-0.25, -0.2) is 19.3 Å². The number of pyridine rings is 1. The van der Waals surface area contributed by atoms with Gasteiger partial charge in [0.25, 0.3) is 0 Å². The maximum absolute atomic E-state index is 12.2. The summed E-state index contributed by atoms with van der Waals surface area (Å²) in [4.78, 5) is 25.2. The molecule has 0 unspecified atom stereocenters. The molecule has 0 atom stereocenters. The summed E-state index contributed by atoms with van der Waals surface area (Å²) in [5, 5.41) is 10.7. The van der Waals surface area contributed by atoms with Crippen LogP contribution < -0.4 is 15.5 Å². The topological polar surface area (TPSA) is 90.7 Å². The Morgan fingerprint density at radius 1 is 1.23 bits per heavy atom. The van der Waals surface area contributed by atoms with Crippen molar-refractivity contribution >= 4 is 34.8 Å². The predicted molar refractivity (Wildman–Crippen MR) is 123 cm³/mol. The second kappa shape index (κ2) is 9.49. The van der Waals surface area contributed by atoms with E-state index in [-0.39, 0.29) is 6.03 Å². The second-order valence-corrected chi connectivity index (χ2v) is 8.22. The quantitative estimate of drug-likeness (QED) is 0.570. The van der Waals surface area contributed by atoms with Crippen LogP contribution in [0.3, 0.4) is 0 Å². The fourth-order valence-corrected chi connectivity index (χ4v) is 3.93. The van der Waals surface area contributed by atoms with Gasteiger partial charge in [-0.2, -0.15) is 5.10 Å². The van der Waals surface area contributed by atoms with Gasteiger partial charge in [-0.3, -0.25) is 5.32 Å². The van der Waals surface area contributed by atoms with E-state index in [2.05, 4.69) is 30.6 Å². The lowest BCUT2D eigenvalue weighted by molar-refractivity contribution is 0.224. The van der Waals surface area contributed by atoms with Crippen LogP contribution in [-0.2, 0) is 0 Å². The third-order valence-electron chi connectivity index (χ3n) is 5.32. The van der Waals surface area contributed by atoms with Crippen LogP contribution in [0.15, 0.2) is 30.6 Å². The van der Waals surface area contributed by atoms with E-state index >= 15 is 0 Å². The molecule has 0 radical (unpaired) electrons. The molecule has 0 bridgehead atoms. The van der Waals surface area contributed by atoms with Crippen LogP contribution in [-0.4, -0.2) is 70.8 Å². The summed E-state index contributed by atoms with van der Waals surface area (Å²) in [6, 6.07) is 5.40. The van der Waals surface area contributed by atoms with Gasteiger partial charge in [-0.15, -0.1) is 0 Å². The van der Waals surface area contributed by atoms with Gasteiger partial charge in [0.05, 0.1) is 17.6 Å². The average Bonchev–Trinajstić information content (AvgIpc) is 3.16. The molecule has 3 aromatic rings. The highest BCUT2D eigenvalue weighted by Crippen LogP contribution is 2.27. The van der Waals surface area contributed by atoms with Crippen molar-refractivity contribution in [3.05, 3.63) is 35.7 Å². The van der Waals surface area contributed by atoms with Crippen LogP contribution in [0.4, 0.5) is 16.3 Å². The van der Waals surface area contributed by atoms with Crippen molar-refractivity contribution in [3.63, 3.8) is 0 Å². The van der Waals surface area contributed by atoms with Gasteiger partial charge in [0.2, 0.25) is 0 Å². The number of urea groups is 1. The van der Waals surface area contributed by atoms with Gasteiger partial charge >= 0.3 is 6.03 Å². The number of amides is 2. The normalized spacial score (nSPS) is 14.5. The minimum atomic E-state index is -0.266. The molecule has 1 aliphatic heterocycles. The average molecular weight is 443 g/mol. The highest BCUT2D eigenvalue weighted by Gasteiger charge is 2.12. The molecule has 4 heterocycles. The number of hydrogen-bond donors (Lipinski definition) is 2. The zero-order valence-electron chi connectivity index (χ0n) is 17.8. The maximum Gasteiger partial charge on any atom is 0.320 e. The van der Waals surface area contributed by atoms with Crippen molar-refractivity contribution in [2.24, 2.45) is 0 Å². The van der Waals surface area contributed by atoms with Crippen molar-refractivity contribution in [3.8, 4) is 11.3 Å². The van der Waals surface area contributed by atoms with Crippen molar-refractivity contribution in [2.45, 2.75) is 19.3 Å². The molecule has 1 saturated heterocycles. The number of piperidine rings is 1. The summed E-state index contributed by atoms with van der Waals surface area (Å²) in [7, 11) is 3.82. The van der Waals surface area contributed by atoms with Crippen molar-refractivity contribution in [2.75, 3.05) is 50.5 Å². The van der Waals surface area contributed by atoms with Crippen LogP contribution in [0, 0.1) is 0 Å². The van der Waals surface area contributed by atoms with Gasteiger partial charge in [-0.1, -0.05) is 18.0 Å². The Balaban J connectivity index is 1.40. The van der Waals surface area contributed by atoms with Gasteiger partial charge in [0.1, 0.15) is 0 Å². The molecule has 3 aromatic heterocycles. The van der Waals surface area contributed by atoms with Gasteiger partial charge < -0.3 is 15.1 Å². The van der Waals surface area contributed by atoms with E-state index in [0.29, 0.717) is 23.2 Å². The number of nitrogens with one attached hydrogen (secondary N) is 2. The lowest BCUT2D eigenvalue weighted by Crippen LogP contribution is -2.39. The third-order valence-corrected chi connectivity index (χ3v) is 5.61. The smallest absolute Gasteiger partial charge is 0.320 e. The molecular formula is C21H27ClN8O. The first-order valence-electron chi connectivity index (χ1n) is 10.5. The SMILES string of the molecule is CN(C)c1cc(-c2ccc3nc(NC(=O)NCCN4CCCCC4)cn3n2)cnc1Cl. The van der Waals surface area contributed by atoms with Crippen molar-refractivity contribution < 1.29 is 4.79 Å². The molecule has 2 amide bonds. The lowest BCUT2D eigenvalue weighted by atomic mass is 10.1. The number of carbonyl (C=O) groups excluding carboxylic acids is 1. The fourth-order valence-electron chi connectivity index (χ4n) is 3.66. The molecule has 2 N–H and O–H groups in total. The Hall–Kier alpha value is -2.91. The standard InChI is InChI=1S/C21H27ClN8O/c1-28(2)17-12-15(13-24-20(17)22)16-6-7-19-25-18(14-30(19)27-16)26-21(31)23-8-11-29-9-4-3-5-10-29/h6-7,12-14H,3-5,8-11H2,1-2H3,(H2,23,26,31). The van der Waals surface area contributed by atoms with E-state index in [1.807, 2.05) is 37.2 Å². The molecule has 0 spiro atoms. The number of halogens is 1. The van der Waals surface area contributed by atoms with E-state index in [1.54, 1.807) is 16.9 Å². The first kappa shape index (κ1) is 21.3. The predicted octanol–water partition coefficient (Wildman–Crippen LogP) is 3.12. The number of anilines is 2. The molecule has 0 aromatic carbocycles. The molecule has 164 valence electrons. The molecule has 0 saturated carbocycles. The first-order chi connectivity index (χ1) is 15.0. The summed E-state index contributed by atoms with van der Waals surface area (Å²) in [6.45, 7) is 3.71. The van der Waals surface area contributed by atoms with Gasteiger partial charge in [-0.05, 0) is 44.1 Å². The van der Waals surface area contributed by atoms with E-state index < -0.39 is 0 Å². The zero-order chi connectivity index (χ0) is 21.8. The van der Waals surface area contributed by atoms with E-state index in [1.165, 1.54) is 19.3 Å². The number of imidazole rings is 1. The number of carbonyl (C=O) groups is 1. The second-order valence-electron chi connectivity index (χ2n) is 7.86. The Bertz CT molecular complexity index is 1060. The van der Waals surface area contributed by atoms with Gasteiger partial charge in [0, 0.05) is 38.9 Å². The molecule has 0 aliphatic carbocycles. The Morgan fingerprint density at radius 2 is 2.03 bits per heavy atom. The monoisotopic (exact) mass is 442 g/mol. The molecule has 10 heteroatoms. The van der Waals surface area contributed by atoms with Crippen LogP contribution in [0.5, 0.6) is 0 Å². The van der Waals surface area contributed by atoms with Crippen LogP contribution in [0.2, 0.25) is 5.15 Å². The number of nitrogens with zero attached hydrogens (tertiary/aromatic N) is 6. The number of likely N-dealkylation sites (tertiary alicyclic amines) is 1. The van der Waals surface area contributed by atoms with E-state index in [9.17, 15) is 4.79 Å². The summed E-state index contributed by atoms with van der Waals surface area (Å²) < 4.78 is 1.64. The zero-order valence-corrected chi connectivity index (χ0v) is 18.6. The summed E-state index contributed by atoms with van der Waals surface area (Å²) >= 11 is 6.17. The minimum absolute atomic E-state index is 0.266. The van der Waals surface area contributed by atoms with E-state index in [0.717, 1.165) is 36.6 Å². The number of rotatable bonds is 6. The number of fused-ring (bicyclic) bond motifs is 1. The van der Waals surface area contributed by atoms with Crippen molar-refractivity contribution in [1.82, 2.24) is 29.8 Å². The van der Waals surface area contributed by atoms with Crippen molar-refractivity contribution in [1.29, 1.82) is 0 Å². The van der Waals surface area contributed by atoms with Crippen LogP contribution in [0.1, 0.15) is 19.3 Å². The molecule has 31 heavy (non-hydrogen) atoms.